The average Bonchev–Trinajstić information content (AvgIpc) is 2.81. The fourth-order valence-electron chi connectivity index (χ4n) is 2.37. The molecule has 1 aliphatic heterocycles. The molecule has 0 aromatic heterocycles. The molecule has 1 amide bonds. The van der Waals surface area contributed by atoms with Crippen LogP contribution in [0.3, 0.4) is 0 Å². The van der Waals surface area contributed by atoms with Gasteiger partial charge < -0.3 is 14.6 Å². The number of para-hydroxylation sites is 1. The Bertz CT molecular complexity index is 469. The molecule has 0 bridgehead atoms. The van der Waals surface area contributed by atoms with Gasteiger partial charge in [0.2, 0.25) is 0 Å². The zero-order chi connectivity index (χ0) is 15.5. The normalized spacial score (nSPS) is 22.2. The molecule has 2 unspecified atom stereocenters. The van der Waals surface area contributed by atoms with Crippen LogP contribution >= 0.6 is 0 Å². The van der Waals surface area contributed by atoms with E-state index in [9.17, 15) is 9.90 Å². The Labute approximate surface area is 125 Å². The zero-order valence-corrected chi connectivity index (χ0v) is 12.8. The third kappa shape index (κ3) is 4.36. The van der Waals surface area contributed by atoms with Crippen LogP contribution in [0.2, 0.25) is 0 Å². The number of carbonyl (C=O) groups excluding carboxylic acids is 1. The number of benzene rings is 1. The number of carbonyl (C=O) groups is 1. The highest BCUT2D eigenvalue weighted by atomic mass is 16.6. The highest BCUT2D eigenvalue weighted by Gasteiger charge is 2.38. The van der Waals surface area contributed by atoms with E-state index in [1.165, 1.54) is 0 Å². The molecule has 0 saturated carbocycles. The van der Waals surface area contributed by atoms with E-state index >= 15 is 0 Å². The fraction of sp³-hybridized carbons (Fsp3) is 0.562. The van der Waals surface area contributed by atoms with Gasteiger partial charge in [-0.15, -0.1) is 0 Å². The minimum atomic E-state index is -0.546. The Hall–Kier alpha value is -1.75. The van der Waals surface area contributed by atoms with Crippen molar-refractivity contribution in [2.45, 2.75) is 44.9 Å². The van der Waals surface area contributed by atoms with Crippen LogP contribution in [-0.2, 0) is 4.74 Å². The Morgan fingerprint density at radius 2 is 2.00 bits per heavy atom. The molecule has 5 nitrogen and oxygen atoms in total. The van der Waals surface area contributed by atoms with Crippen molar-refractivity contribution in [2.75, 3.05) is 13.2 Å². The molecule has 1 N–H and O–H groups in total. The number of nitrogens with zero attached hydrogens (tertiary/aromatic N) is 1. The molecular weight excluding hydrogens is 270 g/mol. The number of hydrogen-bond donors (Lipinski definition) is 1. The number of amides is 1. The Balaban J connectivity index is 1.99. The van der Waals surface area contributed by atoms with Gasteiger partial charge in [0.05, 0.1) is 19.2 Å². The summed E-state index contributed by atoms with van der Waals surface area (Å²) in [5, 5.41) is 9.46. The Morgan fingerprint density at radius 1 is 1.33 bits per heavy atom. The summed E-state index contributed by atoms with van der Waals surface area (Å²) in [6, 6.07) is 9.23. The van der Waals surface area contributed by atoms with Crippen LogP contribution in [0.25, 0.3) is 0 Å². The van der Waals surface area contributed by atoms with Crippen LogP contribution in [-0.4, -0.2) is 47.0 Å². The van der Waals surface area contributed by atoms with Crippen molar-refractivity contribution in [2.24, 2.45) is 0 Å². The number of likely N-dealkylation sites (tertiary alicyclic amines) is 1. The first-order valence-corrected chi connectivity index (χ1v) is 7.21. The smallest absolute Gasteiger partial charge is 0.410 e. The van der Waals surface area contributed by atoms with Crippen LogP contribution in [0.1, 0.15) is 27.2 Å². The molecule has 1 heterocycles. The quantitative estimate of drug-likeness (QED) is 0.930. The first kappa shape index (κ1) is 15.6. The van der Waals surface area contributed by atoms with E-state index in [4.69, 9.17) is 9.47 Å². The first-order valence-electron chi connectivity index (χ1n) is 7.21. The molecule has 1 aromatic carbocycles. The van der Waals surface area contributed by atoms with Crippen LogP contribution in [0.5, 0.6) is 5.75 Å². The molecule has 0 spiro atoms. The van der Waals surface area contributed by atoms with Crippen LogP contribution < -0.4 is 4.74 Å². The molecular formula is C16H23NO4. The van der Waals surface area contributed by atoms with Crippen molar-refractivity contribution < 1.29 is 19.4 Å². The second-order valence-corrected chi connectivity index (χ2v) is 6.26. The standard InChI is InChI=1S/C16H23NO4/c1-16(2,3)21-15(19)17-10-14(9-12(17)11-18)20-13-7-5-4-6-8-13/h4-8,12,14,18H,9-11H2,1-3H3. The number of aliphatic hydroxyl groups is 1. The number of aliphatic hydroxyl groups excluding tert-OH is 1. The van der Waals surface area contributed by atoms with Gasteiger partial charge in [0, 0.05) is 6.42 Å². The minimum Gasteiger partial charge on any atom is -0.489 e. The lowest BCUT2D eigenvalue weighted by atomic mass is 10.2. The topological polar surface area (TPSA) is 59.0 Å². The van der Waals surface area contributed by atoms with E-state index in [2.05, 4.69) is 0 Å². The van der Waals surface area contributed by atoms with Crippen molar-refractivity contribution in [3.63, 3.8) is 0 Å². The van der Waals surface area contributed by atoms with Gasteiger partial charge in [-0.3, -0.25) is 4.90 Å². The molecule has 1 saturated heterocycles. The maximum absolute atomic E-state index is 12.2. The van der Waals surface area contributed by atoms with Gasteiger partial charge in [0.25, 0.3) is 0 Å². The van der Waals surface area contributed by atoms with E-state index < -0.39 is 11.7 Å². The van der Waals surface area contributed by atoms with Gasteiger partial charge in [0.1, 0.15) is 17.5 Å². The summed E-state index contributed by atoms with van der Waals surface area (Å²) >= 11 is 0. The van der Waals surface area contributed by atoms with E-state index in [1.54, 1.807) is 4.90 Å². The fourth-order valence-corrected chi connectivity index (χ4v) is 2.37. The van der Waals surface area contributed by atoms with Crippen molar-refractivity contribution in [3.05, 3.63) is 30.3 Å². The summed E-state index contributed by atoms with van der Waals surface area (Å²) in [6.45, 7) is 5.82. The molecule has 0 aliphatic carbocycles. The minimum absolute atomic E-state index is 0.0894. The molecule has 5 heteroatoms. The van der Waals surface area contributed by atoms with Crippen LogP contribution in [0.15, 0.2) is 30.3 Å². The third-order valence-electron chi connectivity index (χ3n) is 3.26. The van der Waals surface area contributed by atoms with E-state index in [0.717, 1.165) is 5.75 Å². The Kier molecular flexibility index (Phi) is 4.73. The zero-order valence-electron chi connectivity index (χ0n) is 12.8. The summed E-state index contributed by atoms with van der Waals surface area (Å²) < 4.78 is 11.2. The third-order valence-corrected chi connectivity index (χ3v) is 3.26. The lowest BCUT2D eigenvalue weighted by Gasteiger charge is -2.27. The van der Waals surface area contributed by atoms with Gasteiger partial charge in [-0.1, -0.05) is 18.2 Å². The molecule has 21 heavy (non-hydrogen) atoms. The Morgan fingerprint density at radius 3 is 2.57 bits per heavy atom. The summed E-state index contributed by atoms with van der Waals surface area (Å²) in [5.74, 6) is 0.769. The van der Waals surface area contributed by atoms with Crippen molar-refractivity contribution in [1.29, 1.82) is 0 Å². The summed E-state index contributed by atoms with van der Waals surface area (Å²) in [6.07, 6.45) is 0.0720. The monoisotopic (exact) mass is 293 g/mol. The molecule has 1 fully saturated rings. The second-order valence-electron chi connectivity index (χ2n) is 6.26. The van der Waals surface area contributed by atoms with E-state index in [1.807, 2.05) is 51.1 Å². The summed E-state index contributed by atoms with van der Waals surface area (Å²) in [7, 11) is 0. The predicted molar refractivity (Wildman–Crippen MR) is 79.3 cm³/mol. The maximum atomic E-state index is 12.2. The molecule has 0 radical (unpaired) electrons. The van der Waals surface area contributed by atoms with E-state index in [-0.39, 0.29) is 18.8 Å². The molecule has 2 atom stereocenters. The summed E-state index contributed by atoms with van der Waals surface area (Å²) in [5.41, 5.74) is -0.546. The van der Waals surface area contributed by atoms with Crippen molar-refractivity contribution in [3.8, 4) is 5.75 Å². The molecule has 1 aliphatic rings. The predicted octanol–water partition coefficient (Wildman–Crippen LogP) is 2.44. The SMILES string of the molecule is CC(C)(C)OC(=O)N1CC(Oc2ccccc2)CC1CO. The largest absolute Gasteiger partial charge is 0.489 e. The molecule has 1 aromatic rings. The van der Waals surface area contributed by atoms with Crippen molar-refractivity contribution >= 4 is 6.09 Å². The van der Waals surface area contributed by atoms with Gasteiger partial charge in [-0.25, -0.2) is 4.79 Å². The highest BCUT2D eigenvalue weighted by Crippen LogP contribution is 2.24. The van der Waals surface area contributed by atoms with E-state index in [0.29, 0.717) is 13.0 Å². The van der Waals surface area contributed by atoms with Gasteiger partial charge in [-0.05, 0) is 32.9 Å². The first-order chi connectivity index (χ1) is 9.89. The lowest BCUT2D eigenvalue weighted by molar-refractivity contribution is 0.0165. The lowest BCUT2D eigenvalue weighted by Crippen LogP contribution is -2.41. The number of ether oxygens (including phenoxy) is 2. The van der Waals surface area contributed by atoms with Gasteiger partial charge in [0.15, 0.2) is 0 Å². The molecule has 116 valence electrons. The maximum Gasteiger partial charge on any atom is 0.410 e. The number of rotatable bonds is 3. The van der Waals surface area contributed by atoms with Gasteiger partial charge in [-0.2, -0.15) is 0 Å². The van der Waals surface area contributed by atoms with Crippen LogP contribution in [0, 0.1) is 0 Å². The molecule has 2 rings (SSSR count). The van der Waals surface area contributed by atoms with Crippen LogP contribution in [0.4, 0.5) is 4.79 Å². The second kappa shape index (κ2) is 6.35. The van der Waals surface area contributed by atoms with Gasteiger partial charge >= 0.3 is 6.09 Å². The summed E-state index contributed by atoms with van der Waals surface area (Å²) in [4.78, 5) is 13.7. The highest BCUT2D eigenvalue weighted by molar-refractivity contribution is 5.69. The number of hydrogen-bond acceptors (Lipinski definition) is 4. The van der Waals surface area contributed by atoms with Crippen molar-refractivity contribution in [1.82, 2.24) is 4.90 Å². The average molecular weight is 293 g/mol.